The molecule has 0 aromatic rings. The fourth-order valence-electron chi connectivity index (χ4n) is 6.67. The van der Waals surface area contributed by atoms with E-state index < -0.39 is 0 Å². The van der Waals surface area contributed by atoms with E-state index in [1.165, 1.54) is 44.1 Å². The molecule has 0 aliphatic heterocycles. The molecule has 150 valence electrons. The highest BCUT2D eigenvalue weighted by Crippen LogP contribution is 2.46. The fourth-order valence-corrected chi connectivity index (χ4v) is 8.70. The van der Waals surface area contributed by atoms with E-state index >= 15 is 0 Å². The lowest BCUT2D eigenvalue weighted by molar-refractivity contribution is 0.117. The molecule has 0 amide bonds. The summed E-state index contributed by atoms with van der Waals surface area (Å²) in [5.74, 6) is 5.32. The Labute approximate surface area is 166 Å². The van der Waals surface area contributed by atoms with Crippen LogP contribution in [0.5, 0.6) is 0 Å². The number of rotatable bonds is 7. The molecular weight excluding hydrogens is 328 g/mol. The van der Waals surface area contributed by atoms with Gasteiger partial charge < -0.3 is 0 Å². The molecule has 0 bridgehead atoms. The summed E-state index contributed by atoms with van der Waals surface area (Å²) < 4.78 is 0. The van der Waals surface area contributed by atoms with Crippen molar-refractivity contribution in [3.05, 3.63) is 12.2 Å². The molecule has 0 spiro atoms. The minimum atomic E-state index is 0.278. The van der Waals surface area contributed by atoms with Gasteiger partial charge in [0, 0.05) is 9.52 Å². The molecule has 0 saturated heterocycles. The van der Waals surface area contributed by atoms with Crippen LogP contribution in [0.25, 0.3) is 0 Å². The minimum absolute atomic E-state index is 0.278. The van der Waals surface area contributed by atoms with E-state index in [9.17, 15) is 0 Å². The van der Waals surface area contributed by atoms with Crippen LogP contribution in [0.3, 0.4) is 0 Å². The van der Waals surface area contributed by atoms with Gasteiger partial charge in [0.15, 0.2) is 0 Å². The smallest absolute Gasteiger partial charge is 0.0231 e. The summed E-state index contributed by atoms with van der Waals surface area (Å²) in [6.45, 7) is 4.64. The van der Waals surface area contributed by atoms with Gasteiger partial charge in [0.05, 0.1) is 0 Å². The van der Waals surface area contributed by atoms with Gasteiger partial charge in [0.2, 0.25) is 0 Å². The van der Waals surface area contributed by atoms with E-state index in [-0.39, 0.29) is 9.52 Å². The summed E-state index contributed by atoms with van der Waals surface area (Å²) in [4.78, 5) is 0. The zero-order valence-electron chi connectivity index (χ0n) is 17.9. The number of hydrogen-bond donors (Lipinski definition) is 0. The molecule has 0 heterocycles. The Bertz CT molecular complexity index is 390. The second kappa shape index (κ2) is 11.1. The predicted molar refractivity (Wildman–Crippen MR) is 120 cm³/mol. The van der Waals surface area contributed by atoms with E-state index in [1.807, 2.05) is 0 Å². The lowest BCUT2D eigenvalue weighted by Crippen LogP contribution is -2.29. The molecule has 3 rings (SSSR count). The van der Waals surface area contributed by atoms with Crippen LogP contribution >= 0.6 is 0 Å². The Morgan fingerprint density at radius 2 is 1.12 bits per heavy atom. The summed E-state index contributed by atoms with van der Waals surface area (Å²) in [7, 11) is 0.278. The first kappa shape index (κ1) is 20.7. The van der Waals surface area contributed by atoms with Crippen molar-refractivity contribution >= 4 is 9.52 Å². The molecule has 26 heavy (non-hydrogen) atoms. The van der Waals surface area contributed by atoms with Crippen molar-refractivity contribution in [1.29, 1.82) is 0 Å². The van der Waals surface area contributed by atoms with E-state index in [2.05, 4.69) is 26.0 Å². The molecule has 0 unspecified atom stereocenters. The Hall–Kier alpha value is -0.0431. The number of allylic oxidation sites excluding steroid dienone is 2. The van der Waals surface area contributed by atoms with Crippen LogP contribution in [-0.4, -0.2) is 9.52 Å². The standard InChI is InChI=1S/C25H46Si/c1-3-5-6-20-7-9-21(10-8-20)22-11-13-23(14-12-22)24-15-17-25(18-16-24)26-19-4-2/h5-6,20-25H,3-4,7-19,26H2,1-2H3/b6-5+/t20?,21?,22?,23?,24-,25-. The molecule has 1 heteroatoms. The zero-order chi connectivity index (χ0) is 18.2. The van der Waals surface area contributed by atoms with Crippen LogP contribution in [0.4, 0.5) is 0 Å². The Morgan fingerprint density at radius 1 is 0.654 bits per heavy atom. The average molecular weight is 375 g/mol. The van der Waals surface area contributed by atoms with Gasteiger partial charge >= 0.3 is 0 Å². The highest BCUT2D eigenvalue weighted by Gasteiger charge is 2.34. The van der Waals surface area contributed by atoms with E-state index in [1.54, 1.807) is 57.4 Å². The summed E-state index contributed by atoms with van der Waals surface area (Å²) in [6, 6.07) is 1.61. The maximum Gasteiger partial charge on any atom is 0.0231 e. The normalized spacial score (nSPS) is 39.8. The summed E-state index contributed by atoms with van der Waals surface area (Å²) in [5.41, 5.74) is 1.22. The van der Waals surface area contributed by atoms with E-state index in [0.29, 0.717) is 0 Å². The first-order valence-corrected chi connectivity index (χ1v) is 14.3. The molecule has 0 radical (unpaired) electrons. The third-order valence-electron chi connectivity index (χ3n) is 8.47. The first-order chi connectivity index (χ1) is 12.8. The minimum Gasteiger partial charge on any atom is -0.0885 e. The molecule has 0 aromatic heterocycles. The van der Waals surface area contributed by atoms with Crippen LogP contribution in [0, 0.1) is 29.6 Å². The van der Waals surface area contributed by atoms with Gasteiger partial charge in [-0.3, -0.25) is 0 Å². The van der Waals surface area contributed by atoms with Gasteiger partial charge in [0.25, 0.3) is 0 Å². The van der Waals surface area contributed by atoms with Crippen LogP contribution in [0.2, 0.25) is 11.6 Å². The second-order valence-electron chi connectivity index (χ2n) is 10.1. The van der Waals surface area contributed by atoms with Crippen LogP contribution < -0.4 is 0 Å². The Morgan fingerprint density at radius 3 is 1.58 bits per heavy atom. The van der Waals surface area contributed by atoms with Gasteiger partial charge in [-0.2, -0.15) is 0 Å². The third-order valence-corrected chi connectivity index (χ3v) is 11.2. The number of hydrogen-bond acceptors (Lipinski definition) is 0. The molecule has 0 aromatic carbocycles. The molecule has 3 aliphatic carbocycles. The third kappa shape index (κ3) is 5.98. The van der Waals surface area contributed by atoms with Gasteiger partial charge in [-0.05, 0) is 87.4 Å². The fraction of sp³-hybridized carbons (Fsp3) is 0.920. The van der Waals surface area contributed by atoms with Gasteiger partial charge in [0.1, 0.15) is 0 Å². The Balaban J connectivity index is 1.34. The van der Waals surface area contributed by atoms with Crippen LogP contribution in [0.1, 0.15) is 104 Å². The molecule has 0 nitrogen and oxygen atoms in total. The van der Waals surface area contributed by atoms with Gasteiger partial charge in [-0.15, -0.1) is 0 Å². The molecule has 3 fully saturated rings. The molecular formula is C25H46Si. The summed E-state index contributed by atoms with van der Waals surface area (Å²) >= 11 is 0. The van der Waals surface area contributed by atoms with Crippen molar-refractivity contribution in [3.63, 3.8) is 0 Å². The van der Waals surface area contributed by atoms with Crippen molar-refractivity contribution in [3.8, 4) is 0 Å². The van der Waals surface area contributed by atoms with Crippen molar-refractivity contribution in [2.45, 2.75) is 115 Å². The molecule has 3 saturated carbocycles. The lowest BCUT2D eigenvalue weighted by Gasteiger charge is -2.41. The maximum absolute atomic E-state index is 2.52. The van der Waals surface area contributed by atoms with Gasteiger partial charge in [-0.25, -0.2) is 0 Å². The highest BCUT2D eigenvalue weighted by molar-refractivity contribution is 6.37. The van der Waals surface area contributed by atoms with Crippen LogP contribution in [-0.2, 0) is 0 Å². The molecule has 0 N–H and O–H groups in total. The topological polar surface area (TPSA) is 0 Å². The first-order valence-electron chi connectivity index (χ1n) is 12.5. The van der Waals surface area contributed by atoms with E-state index in [0.717, 1.165) is 29.6 Å². The quantitative estimate of drug-likeness (QED) is 0.319. The second-order valence-corrected chi connectivity index (χ2v) is 12.5. The summed E-state index contributed by atoms with van der Waals surface area (Å²) in [6.07, 6.45) is 26.4. The van der Waals surface area contributed by atoms with Gasteiger partial charge in [-0.1, -0.05) is 69.7 Å². The van der Waals surface area contributed by atoms with Crippen LogP contribution in [0.15, 0.2) is 12.2 Å². The highest BCUT2D eigenvalue weighted by atomic mass is 28.2. The van der Waals surface area contributed by atoms with Crippen molar-refractivity contribution in [1.82, 2.24) is 0 Å². The lowest BCUT2D eigenvalue weighted by atomic mass is 9.65. The summed E-state index contributed by atoms with van der Waals surface area (Å²) in [5, 5.41) is 0. The largest absolute Gasteiger partial charge is 0.0885 e. The Kier molecular flexibility index (Phi) is 8.81. The predicted octanol–water partition coefficient (Wildman–Crippen LogP) is 7.54. The molecule has 0 atom stereocenters. The maximum atomic E-state index is 2.52. The van der Waals surface area contributed by atoms with Crippen molar-refractivity contribution in [2.24, 2.45) is 29.6 Å². The monoisotopic (exact) mass is 374 g/mol. The average Bonchev–Trinajstić information content (AvgIpc) is 2.72. The zero-order valence-corrected chi connectivity index (χ0v) is 19.3. The SMILES string of the molecule is CC/C=C/C1CCC(C2CCC([C@H]3CC[C@H]([SiH2]CCC)CC3)CC2)CC1. The van der Waals surface area contributed by atoms with Crippen molar-refractivity contribution in [2.75, 3.05) is 0 Å². The van der Waals surface area contributed by atoms with E-state index in [4.69, 9.17) is 0 Å². The molecule has 3 aliphatic rings. The van der Waals surface area contributed by atoms with Crippen molar-refractivity contribution < 1.29 is 0 Å².